The molecule has 0 atom stereocenters. The lowest BCUT2D eigenvalue weighted by Crippen LogP contribution is -1.75. The average molecular weight is 308 g/mol. The molecule has 0 nitrogen and oxygen atoms in total. The molecule has 14 heavy (non-hydrogen) atoms. The fourth-order valence-electron chi connectivity index (χ4n) is 1.36. The molecule has 0 N–H and O–H groups in total. The molecule has 0 radical (unpaired) electrons. The first-order valence-electron chi connectivity index (χ1n) is 4.07. The highest BCUT2D eigenvalue weighted by Crippen LogP contribution is 2.42. The summed E-state index contributed by atoms with van der Waals surface area (Å²) in [7, 11) is 0. The van der Waals surface area contributed by atoms with Crippen molar-refractivity contribution >= 4 is 60.7 Å². The molecule has 0 fully saturated rings. The van der Waals surface area contributed by atoms with Crippen molar-refractivity contribution in [1.82, 2.24) is 0 Å². The summed E-state index contributed by atoms with van der Waals surface area (Å²) in [6, 6.07) is 6.27. The number of fused-ring (bicyclic) bond motifs is 1. The van der Waals surface area contributed by atoms with Crippen molar-refractivity contribution in [3.63, 3.8) is 0 Å². The van der Waals surface area contributed by atoms with Gasteiger partial charge in [-0.25, -0.2) is 0 Å². The maximum absolute atomic E-state index is 5.90. The monoisotopic (exact) mass is 306 g/mol. The van der Waals surface area contributed by atoms with Crippen LogP contribution in [0.5, 0.6) is 0 Å². The van der Waals surface area contributed by atoms with Crippen LogP contribution < -0.4 is 0 Å². The normalized spacial score (nSPS) is 11.1. The number of halogens is 2. The minimum atomic E-state index is 0.581. The summed E-state index contributed by atoms with van der Waals surface area (Å²) in [5, 5.41) is 1.28. The first-order chi connectivity index (χ1) is 6.77. The van der Waals surface area contributed by atoms with E-state index in [0.29, 0.717) is 5.88 Å². The van der Waals surface area contributed by atoms with Crippen molar-refractivity contribution in [2.45, 2.75) is 10.1 Å². The number of hydrogen-bond donors (Lipinski definition) is 0. The molecule has 2 rings (SSSR count). The SMILES string of the molecule is CSc1sc2c(CCl)cccc2c1Br. The Hall–Kier alpha value is 0.300. The van der Waals surface area contributed by atoms with Crippen LogP contribution in [-0.2, 0) is 5.88 Å². The van der Waals surface area contributed by atoms with Crippen molar-refractivity contribution in [1.29, 1.82) is 0 Å². The van der Waals surface area contributed by atoms with Gasteiger partial charge in [0, 0.05) is 20.4 Å². The van der Waals surface area contributed by atoms with Crippen LogP contribution in [0.4, 0.5) is 0 Å². The molecular weight excluding hydrogens is 300 g/mol. The molecule has 2 aromatic rings. The van der Waals surface area contributed by atoms with Crippen molar-refractivity contribution in [2.24, 2.45) is 0 Å². The predicted octanol–water partition coefficient (Wildman–Crippen LogP) is 5.12. The number of rotatable bonds is 2. The lowest BCUT2D eigenvalue weighted by atomic mass is 10.2. The number of thiophene rings is 1. The lowest BCUT2D eigenvalue weighted by molar-refractivity contribution is 1.47. The Morgan fingerprint density at radius 1 is 1.50 bits per heavy atom. The van der Waals surface area contributed by atoms with Crippen molar-refractivity contribution in [2.75, 3.05) is 6.26 Å². The Labute approximate surface area is 105 Å². The van der Waals surface area contributed by atoms with Gasteiger partial charge in [-0.15, -0.1) is 34.7 Å². The van der Waals surface area contributed by atoms with Crippen LogP contribution in [0.3, 0.4) is 0 Å². The van der Waals surface area contributed by atoms with E-state index in [0.717, 1.165) is 0 Å². The van der Waals surface area contributed by atoms with Crippen LogP contribution in [0.25, 0.3) is 10.1 Å². The highest BCUT2D eigenvalue weighted by atomic mass is 79.9. The minimum absolute atomic E-state index is 0.581. The number of hydrogen-bond acceptors (Lipinski definition) is 2. The van der Waals surface area contributed by atoms with Gasteiger partial charge in [0.15, 0.2) is 0 Å². The van der Waals surface area contributed by atoms with Gasteiger partial charge >= 0.3 is 0 Å². The van der Waals surface area contributed by atoms with E-state index in [1.54, 1.807) is 23.1 Å². The van der Waals surface area contributed by atoms with Gasteiger partial charge in [0.05, 0.1) is 4.21 Å². The van der Waals surface area contributed by atoms with Gasteiger partial charge in [0.2, 0.25) is 0 Å². The molecule has 0 spiro atoms. The van der Waals surface area contributed by atoms with Crippen molar-refractivity contribution in [3.05, 3.63) is 28.2 Å². The first-order valence-corrected chi connectivity index (χ1v) is 7.44. The Morgan fingerprint density at radius 3 is 2.93 bits per heavy atom. The molecule has 1 heterocycles. The summed E-state index contributed by atoms with van der Waals surface area (Å²) >= 11 is 13.1. The molecule has 1 aromatic heterocycles. The smallest absolute Gasteiger partial charge is 0.0751 e. The minimum Gasteiger partial charge on any atom is -0.127 e. The average Bonchev–Trinajstić information content (AvgIpc) is 2.55. The molecule has 0 saturated heterocycles. The highest BCUT2D eigenvalue weighted by Gasteiger charge is 2.10. The van der Waals surface area contributed by atoms with E-state index < -0.39 is 0 Å². The van der Waals surface area contributed by atoms with Crippen molar-refractivity contribution < 1.29 is 0 Å². The molecule has 0 unspecified atom stereocenters. The second kappa shape index (κ2) is 4.44. The fraction of sp³-hybridized carbons (Fsp3) is 0.200. The van der Waals surface area contributed by atoms with Gasteiger partial charge in [0.1, 0.15) is 0 Å². The van der Waals surface area contributed by atoms with E-state index in [2.05, 4.69) is 40.4 Å². The predicted molar refractivity (Wildman–Crippen MR) is 70.9 cm³/mol. The highest BCUT2D eigenvalue weighted by molar-refractivity contribution is 9.10. The first kappa shape index (κ1) is 10.8. The van der Waals surface area contributed by atoms with Crippen LogP contribution in [0.1, 0.15) is 5.56 Å². The van der Waals surface area contributed by atoms with Gasteiger partial charge in [-0.1, -0.05) is 18.2 Å². The Balaban J connectivity index is 2.77. The second-order valence-electron chi connectivity index (χ2n) is 2.84. The summed E-state index contributed by atoms with van der Waals surface area (Å²) in [6.45, 7) is 0. The van der Waals surface area contributed by atoms with Crippen LogP contribution in [-0.4, -0.2) is 6.26 Å². The van der Waals surface area contributed by atoms with Gasteiger partial charge < -0.3 is 0 Å². The van der Waals surface area contributed by atoms with Gasteiger partial charge in [-0.2, -0.15) is 0 Å². The van der Waals surface area contributed by atoms with E-state index >= 15 is 0 Å². The third-order valence-electron chi connectivity index (χ3n) is 2.04. The van der Waals surface area contributed by atoms with E-state index in [1.807, 2.05) is 0 Å². The molecule has 0 bridgehead atoms. The molecule has 0 aliphatic heterocycles. The molecule has 0 aliphatic rings. The van der Waals surface area contributed by atoms with Crippen molar-refractivity contribution in [3.8, 4) is 0 Å². The van der Waals surface area contributed by atoms with E-state index in [-0.39, 0.29) is 0 Å². The summed E-state index contributed by atoms with van der Waals surface area (Å²) in [5.74, 6) is 0.581. The topological polar surface area (TPSA) is 0 Å². The maximum atomic E-state index is 5.90. The maximum Gasteiger partial charge on any atom is 0.0751 e. The largest absolute Gasteiger partial charge is 0.127 e. The Morgan fingerprint density at radius 2 is 2.29 bits per heavy atom. The fourth-order valence-corrected chi connectivity index (χ4v) is 4.66. The number of thioether (sulfide) groups is 1. The summed E-state index contributed by atoms with van der Waals surface area (Å²) in [5.41, 5.74) is 1.22. The molecule has 4 heteroatoms. The third kappa shape index (κ3) is 1.71. The summed E-state index contributed by atoms with van der Waals surface area (Å²) in [6.07, 6.45) is 2.09. The summed E-state index contributed by atoms with van der Waals surface area (Å²) < 4.78 is 3.83. The quantitative estimate of drug-likeness (QED) is 0.548. The molecule has 1 aromatic carbocycles. The zero-order valence-corrected chi connectivity index (χ0v) is 11.5. The molecule has 0 saturated carbocycles. The molecule has 0 aliphatic carbocycles. The van der Waals surface area contributed by atoms with Crippen LogP contribution in [0, 0.1) is 0 Å². The lowest BCUT2D eigenvalue weighted by Gasteiger charge is -1.96. The van der Waals surface area contributed by atoms with E-state index in [9.17, 15) is 0 Å². The molecule has 0 amide bonds. The Kier molecular flexibility index (Phi) is 3.42. The van der Waals surface area contributed by atoms with Crippen LogP contribution in [0.2, 0.25) is 0 Å². The van der Waals surface area contributed by atoms with Gasteiger partial charge in [-0.05, 0) is 27.7 Å². The third-order valence-corrected chi connectivity index (χ3v) is 6.07. The van der Waals surface area contributed by atoms with Crippen LogP contribution >= 0.6 is 50.6 Å². The zero-order chi connectivity index (χ0) is 10.1. The zero-order valence-electron chi connectivity index (χ0n) is 7.51. The number of alkyl halides is 1. The second-order valence-corrected chi connectivity index (χ2v) is 5.99. The van der Waals surface area contributed by atoms with Gasteiger partial charge in [0.25, 0.3) is 0 Å². The Bertz CT molecular complexity index is 464. The van der Waals surface area contributed by atoms with Crippen LogP contribution in [0.15, 0.2) is 26.9 Å². The molecule has 74 valence electrons. The summed E-state index contributed by atoms with van der Waals surface area (Å²) in [4.78, 5) is 0. The van der Waals surface area contributed by atoms with Gasteiger partial charge in [-0.3, -0.25) is 0 Å². The molecular formula is C10H8BrClS2. The van der Waals surface area contributed by atoms with E-state index in [4.69, 9.17) is 11.6 Å². The number of benzene rings is 1. The standard InChI is InChI=1S/C10H8BrClS2/c1-13-10-8(11)7-4-2-3-6(5-12)9(7)14-10/h2-4H,5H2,1H3. The van der Waals surface area contributed by atoms with E-state index in [1.165, 1.54) is 24.3 Å².